The van der Waals surface area contributed by atoms with Crippen LogP contribution in [0.5, 0.6) is 5.88 Å². The number of amides is 1. The Labute approximate surface area is 194 Å². The molecule has 1 aromatic carbocycles. The molecule has 2 heterocycles. The number of anilines is 5. The van der Waals surface area contributed by atoms with Crippen LogP contribution < -0.4 is 20.7 Å². The van der Waals surface area contributed by atoms with Crippen LogP contribution in [0.2, 0.25) is 0 Å². The molecule has 34 heavy (non-hydrogen) atoms. The number of rotatable bonds is 8. The first-order chi connectivity index (χ1) is 16.1. The summed E-state index contributed by atoms with van der Waals surface area (Å²) in [7, 11) is 0. The molecule has 0 unspecified atom stereocenters. The lowest BCUT2D eigenvalue weighted by Crippen LogP contribution is -2.14. The van der Waals surface area contributed by atoms with Crippen molar-refractivity contribution in [2.75, 3.05) is 22.6 Å². The van der Waals surface area contributed by atoms with Gasteiger partial charge in [-0.2, -0.15) is 18.2 Å². The Hall–Kier alpha value is -4.15. The molecule has 0 aliphatic rings. The SMILES string of the molecule is C=CC(=O)Nc1cc(C)ccc1Nc1nc(Nc2cc(OCC)ncc2C)ncc1C(F)(F)F. The van der Waals surface area contributed by atoms with E-state index in [-0.39, 0.29) is 17.3 Å². The fourth-order valence-electron chi connectivity index (χ4n) is 2.91. The number of carbonyl (C=O) groups excluding carboxylic acids is 1. The van der Waals surface area contributed by atoms with Gasteiger partial charge in [0.15, 0.2) is 0 Å². The highest BCUT2D eigenvalue weighted by atomic mass is 19.4. The van der Waals surface area contributed by atoms with Crippen LogP contribution in [0.1, 0.15) is 23.6 Å². The van der Waals surface area contributed by atoms with Crippen molar-refractivity contribution in [1.82, 2.24) is 15.0 Å². The Kier molecular flexibility index (Phi) is 7.34. The minimum absolute atomic E-state index is 0.0731. The second kappa shape index (κ2) is 10.2. The smallest absolute Gasteiger partial charge is 0.421 e. The van der Waals surface area contributed by atoms with Crippen LogP contribution in [-0.4, -0.2) is 27.5 Å². The standard InChI is InChI=1S/C23H23F3N6O2/c1-5-19(33)29-18-9-13(3)7-8-16(18)30-21-15(23(24,25)26)12-28-22(32-21)31-17-10-20(34-6-2)27-11-14(17)4/h5,7-12H,1,6H2,2-4H3,(H,29,33)(H2,27,28,30,31,32). The van der Waals surface area contributed by atoms with Gasteiger partial charge >= 0.3 is 6.18 Å². The van der Waals surface area contributed by atoms with Crippen molar-refractivity contribution >= 4 is 34.7 Å². The minimum Gasteiger partial charge on any atom is -0.478 e. The number of hydrogen-bond donors (Lipinski definition) is 3. The summed E-state index contributed by atoms with van der Waals surface area (Å²) in [6, 6.07) is 6.46. The second-order valence-corrected chi connectivity index (χ2v) is 7.22. The molecule has 0 atom stereocenters. The lowest BCUT2D eigenvalue weighted by Gasteiger charge is -2.18. The third-order valence-electron chi connectivity index (χ3n) is 4.58. The van der Waals surface area contributed by atoms with Gasteiger partial charge in [-0.1, -0.05) is 12.6 Å². The normalized spacial score (nSPS) is 11.0. The van der Waals surface area contributed by atoms with Crippen LogP contribution in [0, 0.1) is 13.8 Å². The molecular weight excluding hydrogens is 449 g/mol. The lowest BCUT2D eigenvalue weighted by molar-refractivity contribution is -0.137. The number of ether oxygens (including phenoxy) is 1. The van der Waals surface area contributed by atoms with E-state index in [0.717, 1.165) is 17.2 Å². The van der Waals surface area contributed by atoms with E-state index in [1.165, 1.54) is 0 Å². The fourth-order valence-corrected chi connectivity index (χ4v) is 2.91. The zero-order chi connectivity index (χ0) is 24.9. The van der Waals surface area contributed by atoms with Crippen molar-refractivity contribution in [3.05, 3.63) is 66.0 Å². The topological polar surface area (TPSA) is 101 Å². The molecule has 178 valence electrons. The molecular formula is C23H23F3N6O2. The second-order valence-electron chi connectivity index (χ2n) is 7.22. The molecule has 0 aliphatic carbocycles. The summed E-state index contributed by atoms with van der Waals surface area (Å²) in [6.45, 7) is 9.16. The highest BCUT2D eigenvalue weighted by Gasteiger charge is 2.35. The first-order valence-electron chi connectivity index (χ1n) is 10.2. The molecule has 11 heteroatoms. The number of nitrogens with zero attached hydrogens (tertiary/aromatic N) is 3. The van der Waals surface area contributed by atoms with Crippen molar-refractivity contribution in [2.24, 2.45) is 0 Å². The van der Waals surface area contributed by atoms with E-state index in [4.69, 9.17) is 4.74 Å². The molecule has 2 aromatic heterocycles. The summed E-state index contributed by atoms with van der Waals surface area (Å²) in [5.41, 5.74) is 1.46. The quantitative estimate of drug-likeness (QED) is 0.371. The van der Waals surface area contributed by atoms with Crippen LogP contribution in [0.15, 0.2) is 49.3 Å². The number of aryl methyl sites for hydroxylation is 2. The van der Waals surface area contributed by atoms with Crippen LogP contribution in [0.3, 0.4) is 0 Å². The average Bonchev–Trinajstić information content (AvgIpc) is 2.77. The number of benzene rings is 1. The monoisotopic (exact) mass is 472 g/mol. The number of aromatic nitrogens is 3. The molecule has 0 spiro atoms. The molecule has 3 aromatic rings. The van der Waals surface area contributed by atoms with Gasteiger partial charge < -0.3 is 20.7 Å². The third-order valence-corrected chi connectivity index (χ3v) is 4.58. The van der Waals surface area contributed by atoms with Crippen LogP contribution in [0.4, 0.5) is 42.0 Å². The van der Waals surface area contributed by atoms with E-state index in [9.17, 15) is 18.0 Å². The molecule has 0 saturated heterocycles. The predicted molar refractivity (Wildman–Crippen MR) is 124 cm³/mol. The van der Waals surface area contributed by atoms with Gasteiger partial charge in [0, 0.05) is 18.5 Å². The Bertz CT molecular complexity index is 1210. The van der Waals surface area contributed by atoms with Crippen molar-refractivity contribution in [1.29, 1.82) is 0 Å². The first kappa shape index (κ1) is 24.5. The lowest BCUT2D eigenvalue weighted by atomic mass is 10.1. The molecule has 0 radical (unpaired) electrons. The molecule has 3 rings (SSSR count). The van der Waals surface area contributed by atoms with E-state index in [1.807, 2.05) is 6.92 Å². The van der Waals surface area contributed by atoms with E-state index in [2.05, 4.69) is 37.5 Å². The maximum Gasteiger partial charge on any atom is 0.421 e. The number of pyridine rings is 1. The Morgan fingerprint density at radius 3 is 2.53 bits per heavy atom. The van der Waals surface area contributed by atoms with Gasteiger partial charge in [0.2, 0.25) is 17.7 Å². The number of hydrogen-bond acceptors (Lipinski definition) is 7. The molecule has 3 N–H and O–H groups in total. The summed E-state index contributed by atoms with van der Waals surface area (Å²) in [4.78, 5) is 23.8. The summed E-state index contributed by atoms with van der Waals surface area (Å²) in [6.07, 6.45) is -1.40. The minimum atomic E-state index is -4.72. The molecule has 8 nitrogen and oxygen atoms in total. The molecule has 0 fully saturated rings. The van der Waals surface area contributed by atoms with Crippen LogP contribution in [-0.2, 0) is 11.0 Å². The van der Waals surface area contributed by atoms with Gasteiger partial charge in [0.25, 0.3) is 0 Å². The molecule has 0 bridgehead atoms. The van der Waals surface area contributed by atoms with Crippen molar-refractivity contribution < 1.29 is 22.7 Å². The van der Waals surface area contributed by atoms with E-state index in [1.54, 1.807) is 44.3 Å². The highest BCUT2D eigenvalue weighted by molar-refractivity contribution is 6.01. The Balaban J connectivity index is 2.01. The van der Waals surface area contributed by atoms with E-state index in [0.29, 0.717) is 24.4 Å². The van der Waals surface area contributed by atoms with Crippen LogP contribution in [0.25, 0.3) is 0 Å². The van der Waals surface area contributed by atoms with Gasteiger partial charge in [0.05, 0.1) is 23.7 Å². The zero-order valence-electron chi connectivity index (χ0n) is 18.7. The van der Waals surface area contributed by atoms with Gasteiger partial charge in [0.1, 0.15) is 11.4 Å². The van der Waals surface area contributed by atoms with Crippen LogP contribution >= 0.6 is 0 Å². The van der Waals surface area contributed by atoms with Gasteiger partial charge in [-0.25, -0.2) is 9.97 Å². The number of alkyl halides is 3. The van der Waals surface area contributed by atoms with Gasteiger partial charge in [-0.3, -0.25) is 4.79 Å². The number of halogens is 3. The van der Waals surface area contributed by atoms with Gasteiger partial charge in [-0.05, 0) is 50.1 Å². The summed E-state index contributed by atoms with van der Waals surface area (Å²) < 4.78 is 46.5. The number of nitrogens with one attached hydrogen (secondary N) is 3. The van der Waals surface area contributed by atoms with E-state index >= 15 is 0 Å². The van der Waals surface area contributed by atoms with Crippen molar-refractivity contribution in [3.63, 3.8) is 0 Å². The first-order valence-corrected chi connectivity index (χ1v) is 10.2. The molecule has 1 amide bonds. The summed E-state index contributed by atoms with van der Waals surface area (Å²) >= 11 is 0. The Morgan fingerprint density at radius 2 is 1.85 bits per heavy atom. The maximum absolute atomic E-state index is 13.7. The largest absolute Gasteiger partial charge is 0.478 e. The maximum atomic E-state index is 13.7. The third kappa shape index (κ3) is 6.00. The fraction of sp³-hybridized carbons (Fsp3) is 0.217. The highest BCUT2D eigenvalue weighted by Crippen LogP contribution is 2.37. The average molecular weight is 472 g/mol. The van der Waals surface area contributed by atoms with E-state index < -0.39 is 23.5 Å². The Morgan fingerprint density at radius 1 is 1.09 bits per heavy atom. The van der Waals surface area contributed by atoms with Gasteiger partial charge in [-0.15, -0.1) is 0 Å². The zero-order valence-corrected chi connectivity index (χ0v) is 18.7. The summed E-state index contributed by atoms with van der Waals surface area (Å²) in [5.74, 6) is -0.716. The predicted octanol–water partition coefficient (Wildman–Crippen LogP) is 5.52. The molecule has 0 saturated carbocycles. The van der Waals surface area contributed by atoms with Crippen molar-refractivity contribution in [2.45, 2.75) is 26.9 Å². The molecule has 0 aliphatic heterocycles. The number of carbonyl (C=O) groups is 1. The summed E-state index contributed by atoms with van der Waals surface area (Å²) in [5, 5.41) is 8.17. The van der Waals surface area contributed by atoms with Crippen molar-refractivity contribution in [3.8, 4) is 5.88 Å².